The Balaban J connectivity index is 1.40. The lowest BCUT2D eigenvalue weighted by atomic mass is 10.1. The van der Waals surface area contributed by atoms with Crippen LogP contribution in [0.2, 0.25) is 0 Å². The molecule has 0 atom stereocenters. The molecule has 2 aliphatic rings. The molecule has 1 aliphatic heterocycles. The fourth-order valence-corrected chi connectivity index (χ4v) is 4.12. The monoisotopic (exact) mass is 444 g/mol. The van der Waals surface area contributed by atoms with Crippen molar-refractivity contribution in [2.45, 2.75) is 45.8 Å². The number of allylic oxidation sites excluding steroid dienone is 4. The summed E-state index contributed by atoms with van der Waals surface area (Å²) >= 11 is 0. The molecule has 2 aromatic heterocycles. The topological polar surface area (TPSA) is 59.7 Å². The second kappa shape index (κ2) is 9.48. The number of hydrogen-bond acceptors (Lipinski definition) is 4. The molecule has 0 spiro atoms. The van der Waals surface area contributed by atoms with Crippen molar-refractivity contribution in [2.75, 3.05) is 6.54 Å². The first kappa shape index (κ1) is 21.2. The number of benzene rings is 1. The van der Waals surface area contributed by atoms with E-state index >= 15 is 0 Å². The summed E-state index contributed by atoms with van der Waals surface area (Å²) in [5.41, 5.74) is 6.94. The third kappa shape index (κ3) is 5.08. The van der Waals surface area contributed by atoms with Gasteiger partial charge in [0.05, 0.1) is 18.8 Å². The van der Waals surface area contributed by atoms with E-state index in [0.29, 0.717) is 19.5 Å². The molecule has 0 bridgehead atoms. The molecule has 1 fully saturated rings. The number of aromatic nitrogens is 4. The van der Waals surface area contributed by atoms with Crippen molar-refractivity contribution >= 4 is 5.57 Å². The van der Waals surface area contributed by atoms with Gasteiger partial charge in [-0.2, -0.15) is 5.10 Å². The van der Waals surface area contributed by atoms with E-state index in [4.69, 9.17) is 5.10 Å². The quantitative estimate of drug-likeness (QED) is 0.520. The van der Waals surface area contributed by atoms with Crippen LogP contribution in [0.15, 0.2) is 72.3 Å². The van der Waals surface area contributed by atoms with E-state index in [1.165, 1.54) is 23.4 Å². The first-order chi connectivity index (χ1) is 16.2. The van der Waals surface area contributed by atoms with E-state index in [2.05, 4.69) is 50.0 Å². The van der Waals surface area contributed by atoms with Crippen molar-refractivity contribution in [3.63, 3.8) is 0 Å². The van der Waals surface area contributed by atoms with Crippen LogP contribution in [0.25, 0.3) is 5.57 Å². The lowest BCUT2D eigenvalue weighted by Crippen LogP contribution is -2.21. The summed E-state index contributed by atoms with van der Waals surface area (Å²) in [5, 5.41) is 11.8. The van der Waals surface area contributed by atoms with Gasteiger partial charge in [-0.15, -0.1) is 0 Å². The zero-order valence-electron chi connectivity index (χ0n) is 18.9. The number of imidazole rings is 1. The van der Waals surface area contributed by atoms with Crippen molar-refractivity contribution in [3.8, 4) is 0 Å². The first-order valence-corrected chi connectivity index (χ1v) is 11.6. The zero-order chi connectivity index (χ0) is 22.6. The molecule has 3 heterocycles. The van der Waals surface area contributed by atoms with Crippen LogP contribution in [0.5, 0.6) is 0 Å². The first-order valence-electron chi connectivity index (χ1n) is 11.6. The van der Waals surface area contributed by atoms with E-state index in [1.54, 1.807) is 0 Å². The van der Waals surface area contributed by atoms with Crippen LogP contribution in [0.3, 0.4) is 0 Å². The second-order valence-corrected chi connectivity index (χ2v) is 8.45. The molecule has 3 aromatic rings. The summed E-state index contributed by atoms with van der Waals surface area (Å²) in [6, 6.07) is 8.89. The minimum atomic E-state index is -0.215. The van der Waals surface area contributed by atoms with Gasteiger partial charge in [0.1, 0.15) is 11.6 Å². The normalized spacial score (nSPS) is 14.7. The van der Waals surface area contributed by atoms with Crippen molar-refractivity contribution < 1.29 is 4.39 Å². The molecular formula is C26H29FN6. The fourth-order valence-electron chi connectivity index (χ4n) is 4.12. The summed E-state index contributed by atoms with van der Waals surface area (Å²) in [7, 11) is 0. The highest BCUT2D eigenvalue weighted by Crippen LogP contribution is 2.32. The Kier molecular flexibility index (Phi) is 6.11. The van der Waals surface area contributed by atoms with E-state index in [-0.39, 0.29) is 5.82 Å². The molecule has 7 heteroatoms. The number of dihydropyridines is 1. The molecule has 1 aliphatic carbocycles. The smallest absolute Gasteiger partial charge is 0.127 e. The third-order valence-electron chi connectivity index (χ3n) is 6.12. The van der Waals surface area contributed by atoms with E-state index in [1.807, 2.05) is 30.7 Å². The predicted molar refractivity (Wildman–Crippen MR) is 128 cm³/mol. The number of halogens is 1. The highest BCUT2D eigenvalue weighted by molar-refractivity contribution is 5.72. The van der Waals surface area contributed by atoms with Crippen LogP contribution < -0.4 is 10.6 Å². The highest BCUT2D eigenvalue weighted by atomic mass is 19.1. The predicted octanol–water partition coefficient (Wildman–Crippen LogP) is 4.17. The van der Waals surface area contributed by atoms with Crippen LogP contribution in [0.4, 0.5) is 4.39 Å². The summed E-state index contributed by atoms with van der Waals surface area (Å²) < 4.78 is 17.7. The Morgan fingerprint density at radius 3 is 2.79 bits per heavy atom. The van der Waals surface area contributed by atoms with Gasteiger partial charge in [-0.25, -0.2) is 9.37 Å². The Morgan fingerprint density at radius 2 is 2.06 bits per heavy atom. The van der Waals surface area contributed by atoms with Crippen LogP contribution in [-0.2, 0) is 26.1 Å². The number of rotatable bonds is 9. The maximum absolute atomic E-state index is 13.4. The lowest BCUT2D eigenvalue weighted by Gasteiger charge is -2.14. The summed E-state index contributed by atoms with van der Waals surface area (Å²) in [4.78, 5) is 4.50. The van der Waals surface area contributed by atoms with Crippen LogP contribution >= 0.6 is 0 Å². The molecule has 33 heavy (non-hydrogen) atoms. The van der Waals surface area contributed by atoms with Gasteiger partial charge in [0.2, 0.25) is 0 Å². The zero-order valence-corrected chi connectivity index (χ0v) is 18.9. The summed E-state index contributed by atoms with van der Waals surface area (Å²) in [5.74, 6) is 0.822. The molecule has 2 N–H and O–H groups in total. The van der Waals surface area contributed by atoms with Crippen molar-refractivity contribution in [1.29, 1.82) is 0 Å². The standard InChI is InChI=1S/C26H29FN6/c1-2-32-14-13-29-26(32)17-30-25(20-5-6-20)18-33-23(15-19-3-7-22(27)8-4-19)16-24(31-33)21-9-11-28-12-10-21/h3-4,7-11,13-14,16,28,30H,2,5-6,12,15,17-18H2,1H3. The minimum Gasteiger partial charge on any atom is -0.387 e. The Labute approximate surface area is 193 Å². The van der Waals surface area contributed by atoms with Gasteiger partial charge in [-0.05, 0) is 61.4 Å². The van der Waals surface area contributed by atoms with Gasteiger partial charge < -0.3 is 15.2 Å². The second-order valence-electron chi connectivity index (χ2n) is 8.45. The van der Waals surface area contributed by atoms with Gasteiger partial charge in [-0.1, -0.05) is 18.2 Å². The Bertz CT molecular complexity index is 1210. The van der Waals surface area contributed by atoms with Gasteiger partial charge in [-0.3, -0.25) is 4.68 Å². The summed E-state index contributed by atoms with van der Waals surface area (Å²) in [6.45, 7) is 5.22. The molecule has 5 rings (SSSR count). The molecule has 1 aromatic carbocycles. The number of hydrogen-bond donors (Lipinski definition) is 2. The van der Waals surface area contributed by atoms with Crippen LogP contribution in [0.1, 0.15) is 42.5 Å². The maximum atomic E-state index is 13.4. The maximum Gasteiger partial charge on any atom is 0.127 e. The fraction of sp³-hybridized carbons (Fsp3) is 0.308. The SMILES string of the molecule is CCn1ccnc1CNC(Cn1nc(C2=CCNC=C2)cc1Cc1ccc(F)cc1)=C1CC1. The average Bonchev–Trinajstić information content (AvgIpc) is 3.46. The van der Waals surface area contributed by atoms with Gasteiger partial charge >= 0.3 is 0 Å². The van der Waals surface area contributed by atoms with Crippen LogP contribution in [-0.4, -0.2) is 25.9 Å². The van der Waals surface area contributed by atoms with Gasteiger partial charge in [0, 0.05) is 48.9 Å². The molecule has 0 saturated heterocycles. The lowest BCUT2D eigenvalue weighted by molar-refractivity contribution is 0.582. The summed E-state index contributed by atoms with van der Waals surface area (Å²) in [6.07, 6.45) is 13.0. The minimum absolute atomic E-state index is 0.215. The number of nitrogens with one attached hydrogen (secondary N) is 2. The van der Waals surface area contributed by atoms with Crippen LogP contribution in [0, 0.1) is 5.82 Å². The molecular weight excluding hydrogens is 415 g/mol. The molecule has 6 nitrogen and oxygen atoms in total. The number of nitrogens with zero attached hydrogens (tertiary/aromatic N) is 4. The van der Waals surface area contributed by atoms with Gasteiger partial charge in [0.25, 0.3) is 0 Å². The third-order valence-corrected chi connectivity index (χ3v) is 6.12. The van der Waals surface area contributed by atoms with Gasteiger partial charge in [0.15, 0.2) is 0 Å². The van der Waals surface area contributed by atoms with E-state index in [0.717, 1.165) is 54.3 Å². The number of aryl methyl sites for hydroxylation is 1. The average molecular weight is 445 g/mol. The molecule has 1 saturated carbocycles. The molecule has 0 radical (unpaired) electrons. The van der Waals surface area contributed by atoms with Crippen molar-refractivity contribution in [3.05, 3.63) is 101 Å². The van der Waals surface area contributed by atoms with Crippen molar-refractivity contribution in [1.82, 2.24) is 30.0 Å². The molecule has 0 amide bonds. The molecule has 170 valence electrons. The van der Waals surface area contributed by atoms with E-state index < -0.39 is 0 Å². The molecule has 0 unspecified atom stereocenters. The Hall–Kier alpha value is -3.61. The van der Waals surface area contributed by atoms with Crippen molar-refractivity contribution in [2.24, 2.45) is 0 Å². The van der Waals surface area contributed by atoms with E-state index in [9.17, 15) is 4.39 Å². The highest BCUT2D eigenvalue weighted by Gasteiger charge is 2.21. The Morgan fingerprint density at radius 1 is 1.21 bits per heavy atom. The largest absolute Gasteiger partial charge is 0.387 e.